The highest BCUT2D eigenvalue weighted by atomic mass is 16.4. The lowest BCUT2D eigenvalue weighted by molar-refractivity contribution is -0.142. The van der Waals surface area contributed by atoms with Crippen LogP contribution in [0.1, 0.15) is 11.6 Å². The molecule has 79 valence electrons. The van der Waals surface area contributed by atoms with Crippen LogP contribution >= 0.6 is 0 Å². The third kappa shape index (κ3) is 3.07. The predicted molar refractivity (Wildman–Crippen MR) is 50.5 cm³/mol. The lowest BCUT2D eigenvalue weighted by Crippen LogP contribution is -2.35. The first kappa shape index (κ1) is 11.2. The second kappa shape index (κ2) is 5.11. The van der Waals surface area contributed by atoms with E-state index in [-0.39, 0.29) is 0 Å². The zero-order valence-corrected chi connectivity index (χ0v) is 7.84. The molecule has 0 heterocycles. The maximum atomic E-state index is 10.8. The predicted octanol–water partition coefficient (Wildman–Crippen LogP) is 0.359. The zero-order valence-electron chi connectivity index (χ0n) is 7.84. The molecule has 0 spiro atoms. The normalized spacial score (nSPS) is 11.8. The molecule has 1 amide bonds. The number of amides is 1. The van der Waals surface area contributed by atoms with E-state index in [0.717, 1.165) is 0 Å². The van der Waals surface area contributed by atoms with Gasteiger partial charge in [-0.2, -0.15) is 0 Å². The topological polar surface area (TPSA) is 86.3 Å². The summed E-state index contributed by atoms with van der Waals surface area (Å²) in [5.41, 5.74) is 0.437. The molecular formula is C10H10NO4. The van der Waals surface area contributed by atoms with Crippen molar-refractivity contribution < 1.29 is 19.8 Å². The van der Waals surface area contributed by atoms with Crippen molar-refractivity contribution in [3.05, 3.63) is 35.9 Å². The highest BCUT2D eigenvalue weighted by Crippen LogP contribution is 2.12. The summed E-state index contributed by atoms with van der Waals surface area (Å²) in [5, 5.41) is 21.2. The van der Waals surface area contributed by atoms with Crippen LogP contribution in [-0.2, 0) is 14.7 Å². The lowest BCUT2D eigenvalue weighted by Gasteiger charge is -2.13. The van der Waals surface area contributed by atoms with Gasteiger partial charge in [-0.05, 0) is 5.56 Å². The number of benzene rings is 1. The quantitative estimate of drug-likeness (QED) is 0.748. The van der Waals surface area contributed by atoms with Crippen molar-refractivity contribution >= 4 is 11.9 Å². The highest BCUT2D eigenvalue weighted by molar-refractivity contribution is 5.84. The molecule has 1 atom stereocenters. The highest BCUT2D eigenvalue weighted by Gasteiger charge is 2.21. The summed E-state index contributed by atoms with van der Waals surface area (Å²) in [4.78, 5) is 21.6. The molecule has 0 bridgehead atoms. The fraction of sp³-hybridized carbons (Fsp3) is 0.200. The average molecular weight is 208 g/mol. The number of carboxylic acids is 1. The molecule has 1 radical (unpaired) electrons. The van der Waals surface area contributed by atoms with Crippen molar-refractivity contribution in [2.45, 2.75) is 6.04 Å². The molecule has 5 nitrogen and oxygen atoms in total. The van der Waals surface area contributed by atoms with Gasteiger partial charge in [-0.15, -0.1) is 0 Å². The van der Waals surface area contributed by atoms with Gasteiger partial charge in [-0.3, -0.25) is 4.79 Å². The minimum Gasteiger partial charge on any atom is -0.479 e. The van der Waals surface area contributed by atoms with E-state index in [2.05, 4.69) is 5.32 Å². The van der Waals surface area contributed by atoms with Crippen molar-refractivity contribution in [2.24, 2.45) is 0 Å². The summed E-state index contributed by atoms with van der Waals surface area (Å²) < 4.78 is 0. The SMILES string of the molecule is [O]CC(=O)N[C@H](C(=O)O)c1ccccc1. The van der Waals surface area contributed by atoms with Gasteiger partial charge in [-0.25, -0.2) is 9.90 Å². The van der Waals surface area contributed by atoms with E-state index in [0.29, 0.717) is 5.56 Å². The molecule has 1 aromatic carbocycles. The smallest absolute Gasteiger partial charge is 0.330 e. The van der Waals surface area contributed by atoms with Gasteiger partial charge in [0.2, 0.25) is 5.91 Å². The van der Waals surface area contributed by atoms with Crippen LogP contribution in [0.3, 0.4) is 0 Å². The maximum absolute atomic E-state index is 10.8. The molecule has 0 aliphatic heterocycles. The Bertz CT molecular complexity index is 350. The fourth-order valence-corrected chi connectivity index (χ4v) is 1.14. The van der Waals surface area contributed by atoms with Gasteiger partial charge < -0.3 is 10.4 Å². The first-order valence-corrected chi connectivity index (χ1v) is 4.30. The monoisotopic (exact) mass is 208 g/mol. The third-order valence-corrected chi connectivity index (χ3v) is 1.82. The van der Waals surface area contributed by atoms with Crippen molar-refractivity contribution in [3.63, 3.8) is 0 Å². The molecule has 0 unspecified atom stereocenters. The summed E-state index contributed by atoms with van der Waals surface area (Å²) in [7, 11) is 0. The molecule has 15 heavy (non-hydrogen) atoms. The average Bonchev–Trinajstić information content (AvgIpc) is 2.26. The number of hydrogen-bond acceptors (Lipinski definition) is 2. The summed E-state index contributed by atoms with van der Waals surface area (Å²) in [6.45, 7) is -0.976. The van der Waals surface area contributed by atoms with Crippen LogP contribution in [0.4, 0.5) is 0 Å². The number of nitrogens with one attached hydrogen (secondary N) is 1. The molecule has 0 aliphatic carbocycles. The van der Waals surface area contributed by atoms with E-state index >= 15 is 0 Å². The minimum atomic E-state index is -1.19. The largest absolute Gasteiger partial charge is 0.479 e. The van der Waals surface area contributed by atoms with Crippen molar-refractivity contribution in [1.29, 1.82) is 0 Å². The molecule has 1 rings (SSSR count). The van der Waals surface area contributed by atoms with Crippen LogP contribution in [0.25, 0.3) is 0 Å². The number of aliphatic carboxylic acids is 1. The number of rotatable bonds is 4. The molecule has 2 N–H and O–H groups in total. The molecule has 0 saturated heterocycles. The first-order chi connectivity index (χ1) is 7.15. The summed E-state index contributed by atoms with van der Waals surface area (Å²) in [6, 6.07) is 7.04. The number of hydrogen-bond donors (Lipinski definition) is 2. The fourth-order valence-electron chi connectivity index (χ4n) is 1.14. The van der Waals surface area contributed by atoms with Gasteiger partial charge in [0.05, 0.1) is 0 Å². The van der Waals surface area contributed by atoms with Crippen molar-refractivity contribution in [2.75, 3.05) is 6.61 Å². The van der Waals surface area contributed by atoms with Gasteiger partial charge in [0.15, 0.2) is 12.6 Å². The van der Waals surface area contributed by atoms with Crippen LogP contribution in [0.2, 0.25) is 0 Å². The number of carbonyl (C=O) groups is 2. The summed E-state index contributed by atoms with van der Waals surface area (Å²) in [6.07, 6.45) is 0. The lowest BCUT2D eigenvalue weighted by atomic mass is 10.1. The van der Waals surface area contributed by atoms with Crippen LogP contribution < -0.4 is 5.32 Å². The van der Waals surface area contributed by atoms with E-state index < -0.39 is 24.5 Å². The molecule has 0 fully saturated rings. The van der Waals surface area contributed by atoms with Gasteiger partial charge in [-0.1, -0.05) is 30.3 Å². The van der Waals surface area contributed by atoms with Crippen LogP contribution in [0.5, 0.6) is 0 Å². The van der Waals surface area contributed by atoms with Crippen molar-refractivity contribution in [1.82, 2.24) is 5.32 Å². The van der Waals surface area contributed by atoms with Crippen LogP contribution in [0.15, 0.2) is 30.3 Å². The Kier molecular flexibility index (Phi) is 3.82. The van der Waals surface area contributed by atoms with Crippen LogP contribution in [-0.4, -0.2) is 23.6 Å². The number of carbonyl (C=O) groups excluding carboxylic acids is 1. The van der Waals surface area contributed by atoms with Gasteiger partial charge >= 0.3 is 5.97 Å². The molecular weight excluding hydrogens is 198 g/mol. The van der Waals surface area contributed by atoms with Gasteiger partial charge in [0.1, 0.15) is 0 Å². The Morgan fingerprint density at radius 3 is 2.33 bits per heavy atom. The van der Waals surface area contributed by atoms with Crippen LogP contribution in [0, 0.1) is 0 Å². The molecule has 0 saturated carbocycles. The van der Waals surface area contributed by atoms with Gasteiger partial charge in [0.25, 0.3) is 0 Å². The van der Waals surface area contributed by atoms with E-state index in [1.165, 1.54) is 0 Å². The molecule has 0 aromatic heterocycles. The van der Waals surface area contributed by atoms with E-state index in [9.17, 15) is 14.7 Å². The van der Waals surface area contributed by atoms with E-state index in [1.807, 2.05) is 0 Å². The zero-order chi connectivity index (χ0) is 11.3. The second-order valence-corrected chi connectivity index (χ2v) is 2.89. The molecule has 1 aromatic rings. The van der Waals surface area contributed by atoms with Gasteiger partial charge in [0, 0.05) is 0 Å². The number of carboxylic acid groups (broad SMARTS) is 1. The summed E-state index contributed by atoms with van der Waals surface area (Å²) in [5.74, 6) is -2.02. The molecule has 5 heteroatoms. The Hall–Kier alpha value is -1.88. The molecule has 0 aliphatic rings. The second-order valence-electron chi connectivity index (χ2n) is 2.89. The Morgan fingerprint density at radius 1 is 1.27 bits per heavy atom. The van der Waals surface area contributed by atoms with Crippen molar-refractivity contribution in [3.8, 4) is 0 Å². The third-order valence-electron chi connectivity index (χ3n) is 1.82. The first-order valence-electron chi connectivity index (χ1n) is 4.30. The Labute approximate surface area is 86.4 Å². The standard InChI is InChI=1S/C10H10NO4/c12-6-8(13)11-9(10(14)15)7-4-2-1-3-5-7/h1-5,9H,6H2,(H,11,13)(H,14,15)/t9-/m0/s1. The Morgan fingerprint density at radius 2 is 1.87 bits per heavy atom. The van der Waals surface area contributed by atoms with E-state index in [1.54, 1.807) is 30.3 Å². The Balaban J connectivity index is 2.84. The van der Waals surface area contributed by atoms with E-state index in [4.69, 9.17) is 5.11 Å². The maximum Gasteiger partial charge on any atom is 0.330 e. The minimum absolute atomic E-state index is 0.437. The summed E-state index contributed by atoms with van der Waals surface area (Å²) >= 11 is 0.